The van der Waals surface area contributed by atoms with Gasteiger partial charge in [0.1, 0.15) is 17.4 Å². The van der Waals surface area contributed by atoms with Crippen molar-refractivity contribution in [2.24, 2.45) is 4.99 Å². The molecule has 3 aromatic heterocycles. The maximum Gasteiger partial charge on any atom is 0.271 e. The fourth-order valence-corrected chi connectivity index (χ4v) is 3.53. The number of benzene rings is 1. The summed E-state index contributed by atoms with van der Waals surface area (Å²) in [6.07, 6.45) is 4.56. The summed E-state index contributed by atoms with van der Waals surface area (Å²) >= 11 is 5.88. The number of amides is 1. The molecule has 1 amide bonds. The van der Waals surface area contributed by atoms with Gasteiger partial charge in [0.15, 0.2) is 5.49 Å². The van der Waals surface area contributed by atoms with E-state index in [1.807, 2.05) is 13.8 Å². The summed E-state index contributed by atoms with van der Waals surface area (Å²) in [6, 6.07) is 15.5. The van der Waals surface area contributed by atoms with Crippen LogP contribution in [0.4, 0.5) is 0 Å². The molecule has 0 bridgehead atoms. The Morgan fingerprint density at radius 1 is 1.22 bits per heavy atom. The first-order chi connectivity index (χ1) is 15.4. The molecule has 0 radical (unpaired) electrons. The Bertz CT molecular complexity index is 1550. The van der Waals surface area contributed by atoms with Crippen LogP contribution < -0.4 is 11.0 Å². The monoisotopic (exact) mass is 443 g/mol. The van der Waals surface area contributed by atoms with Crippen LogP contribution in [-0.2, 0) is 4.79 Å². The largest absolute Gasteiger partial charge is 0.306 e. The highest BCUT2D eigenvalue weighted by Crippen LogP contribution is 2.14. The van der Waals surface area contributed by atoms with Crippen LogP contribution in [0.3, 0.4) is 0 Å². The summed E-state index contributed by atoms with van der Waals surface area (Å²) in [5.41, 5.74) is 1.60. The van der Waals surface area contributed by atoms with Crippen LogP contribution in [0.2, 0.25) is 5.02 Å². The zero-order chi connectivity index (χ0) is 22.8. The van der Waals surface area contributed by atoms with Gasteiger partial charge in [-0.05, 0) is 55.8 Å². The highest BCUT2D eigenvalue weighted by Gasteiger charge is 2.16. The molecule has 0 spiro atoms. The summed E-state index contributed by atoms with van der Waals surface area (Å²) in [7, 11) is 0. The molecule has 0 aliphatic carbocycles. The molecule has 4 rings (SSSR count). The third-order valence-electron chi connectivity index (χ3n) is 4.88. The van der Waals surface area contributed by atoms with Crippen LogP contribution in [0.5, 0.6) is 0 Å². The highest BCUT2D eigenvalue weighted by molar-refractivity contribution is 6.30. The van der Waals surface area contributed by atoms with Crippen molar-refractivity contribution in [1.82, 2.24) is 14.0 Å². The molecule has 0 atom stereocenters. The molecule has 0 saturated carbocycles. The molecule has 3 heterocycles. The van der Waals surface area contributed by atoms with Crippen LogP contribution in [0, 0.1) is 11.3 Å². The zero-order valence-electron chi connectivity index (χ0n) is 17.4. The maximum atomic E-state index is 13.0. The van der Waals surface area contributed by atoms with Gasteiger partial charge in [-0.3, -0.25) is 14.0 Å². The zero-order valence-corrected chi connectivity index (χ0v) is 18.1. The number of aromatic nitrogens is 3. The van der Waals surface area contributed by atoms with Gasteiger partial charge in [0.2, 0.25) is 0 Å². The number of pyridine rings is 2. The van der Waals surface area contributed by atoms with Gasteiger partial charge < -0.3 is 4.57 Å². The van der Waals surface area contributed by atoms with E-state index in [0.29, 0.717) is 16.3 Å². The maximum absolute atomic E-state index is 13.0. The normalized spacial score (nSPS) is 12.2. The molecule has 0 aliphatic rings. The molecule has 158 valence electrons. The molecule has 4 aromatic rings. The molecular weight excluding hydrogens is 426 g/mol. The third kappa shape index (κ3) is 3.96. The number of hydrogen-bond donors (Lipinski definition) is 0. The Morgan fingerprint density at radius 3 is 2.66 bits per heavy atom. The second-order valence-corrected chi connectivity index (χ2v) is 7.81. The number of rotatable bonds is 3. The van der Waals surface area contributed by atoms with Gasteiger partial charge >= 0.3 is 0 Å². The van der Waals surface area contributed by atoms with E-state index in [1.165, 1.54) is 16.5 Å². The Balaban J connectivity index is 1.95. The molecule has 0 aliphatic heterocycles. The van der Waals surface area contributed by atoms with Gasteiger partial charge in [-0.1, -0.05) is 29.8 Å². The third-order valence-corrected chi connectivity index (χ3v) is 5.13. The topological polar surface area (TPSA) is 92.5 Å². The predicted molar refractivity (Wildman–Crippen MR) is 123 cm³/mol. The van der Waals surface area contributed by atoms with Gasteiger partial charge in [-0.15, -0.1) is 0 Å². The van der Waals surface area contributed by atoms with Gasteiger partial charge in [-0.25, -0.2) is 4.98 Å². The van der Waals surface area contributed by atoms with Crippen molar-refractivity contribution in [1.29, 1.82) is 5.26 Å². The van der Waals surface area contributed by atoms with Gasteiger partial charge in [-0.2, -0.15) is 10.3 Å². The molecule has 7 nitrogen and oxygen atoms in total. The number of carbonyl (C=O) groups is 1. The second-order valence-electron chi connectivity index (χ2n) is 7.38. The van der Waals surface area contributed by atoms with Crippen LogP contribution >= 0.6 is 11.6 Å². The van der Waals surface area contributed by atoms with Crippen molar-refractivity contribution in [3.8, 4) is 6.07 Å². The number of nitrogens with zero attached hydrogens (tertiary/aromatic N) is 5. The SMILES string of the molecule is CC(C)n1c(=NC(=O)/C=C/c2ccc(Cl)cc2)c(C#N)cc2c(=O)n3ccccc3nc21. The molecule has 32 heavy (non-hydrogen) atoms. The minimum Gasteiger partial charge on any atom is -0.306 e. The fourth-order valence-electron chi connectivity index (χ4n) is 3.41. The van der Waals surface area contributed by atoms with Crippen molar-refractivity contribution < 1.29 is 4.79 Å². The first kappa shape index (κ1) is 21.2. The summed E-state index contributed by atoms with van der Waals surface area (Å²) in [5.74, 6) is -0.539. The highest BCUT2D eigenvalue weighted by atomic mass is 35.5. The van der Waals surface area contributed by atoms with Crippen molar-refractivity contribution in [2.45, 2.75) is 19.9 Å². The summed E-state index contributed by atoms with van der Waals surface area (Å²) < 4.78 is 3.07. The van der Waals surface area contributed by atoms with E-state index in [4.69, 9.17) is 11.6 Å². The van der Waals surface area contributed by atoms with E-state index in [2.05, 4.69) is 16.0 Å². The first-order valence-corrected chi connectivity index (χ1v) is 10.3. The molecule has 8 heteroatoms. The number of fused-ring (bicyclic) bond motifs is 2. The lowest BCUT2D eigenvalue weighted by molar-refractivity contribution is -0.113. The predicted octanol–water partition coefficient (Wildman–Crippen LogP) is 3.90. The molecular formula is C24H18ClN5O2. The molecule has 0 fully saturated rings. The molecule has 0 N–H and O–H groups in total. The van der Waals surface area contributed by atoms with Gasteiger partial charge in [0.25, 0.3) is 11.5 Å². The lowest BCUT2D eigenvalue weighted by Gasteiger charge is -2.16. The van der Waals surface area contributed by atoms with E-state index in [9.17, 15) is 14.9 Å². The molecule has 0 saturated heterocycles. The van der Waals surface area contributed by atoms with Crippen molar-refractivity contribution >= 4 is 40.3 Å². The van der Waals surface area contributed by atoms with E-state index >= 15 is 0 Å². The Morgan fingerprint density at radius 2 is 1.97 bits per heavy atom. The van der Waals surface area contributed by atoms with E-state index in [1.54, 1.807) is 59.3 Å². The minimum absolute atomic E-state index is 0.120. The van der Waals surface area contributed by atoms with Crippen molar-refractivity contribution in [2.75, 3.05) is 0 Å². The number of halogens is 1. The quantitative estimate of drug-likeness (QED) is 0.354. The lowest BCUT2D eigenvalue weighted by atomic mass is 10.2. The fraction of sp³-hybridized carbons (Fsp3) is 0.125. The van der Waals surface area contributed by atoms with E-state index < -0.39 is 5.91 Å². The van der Waals surface area contributed by atoms with Crippen molar-refractivity contribution in [3.05, 3.63) is 92.8 Å². The number of nitriles is 1. The Labute approximate surface area is 188 Å². The second kappa shape index (κ2) is 8.61. The minimum atomic E-state index is -0.539. The van der Waals surface area contributed by atoms with Crippen LogP contribution in [0.15, 0.2) is 70.6 Å². The first-order valence-electron chi connectivity index (χ1n) is 9.88. The van der Waals surface area contributed by atoms with Crippen LogP contribution in [0.1, 0.15) is 31.0 Å². The Hall–Kier alpha value is -4.02. The average Bonchev–Trinajstić information content (AvgIpc) is 2.78. The summed E-state index contributed by atoms with van der Waals surface area (Å²) in [6.45, 7) is 3.75. The lowest BCUT2D eigenvalue weighted by Crippen LogP contribution is -2.30. The number of hydrogen-bond acceptors (Lipinski definition) is 4. The van der Waals surface area contributed by atoms with Crippen LogP contribution in [0.25, 0.3) is 22.8 Å². The Kier molecular flexibility index (Phi) is 5.71. The van der Waals surface area contributed by atoms with E-state index in [0.717, 1.165) is 5.56 Å². The van der Waals surface area contributed by atoms with Crippen LogP contribution in [-0.4, -0.2) is 19.9 Å². The molecule has 0 unspecified atom stereocenters. The standard InChI is InChI=1S/C24H18ClN5O2/c1-15(2)30-22(28-21(31)11-8-16-6-9-18(25)10-7-16)17(14-26)13-19-23(30)27-20-5-3-4-12-29(20)24(19)32/h3-13,15H,1-2H3/b11-8+,28-22?. The summed E-state index contributed by atoms with van der Waals surface area (Å²) in [5, 5.41) is 10.6. The number of carbonyl (C=O) groups excluding carboxylic acids is 1. The van der Waals surface area contributed by atoms with Crippen molar-refractivity contribution in [3.63, 3.8) is 0 Å². The van der Waals surface area contributed by atoms with E-state index in [-0.39, 0.29) is 28.0 Å². The van der Waals surface area contributed by atoms with Gasteiger partial charge in [0.05, 0.1) is 10.9 Å². The smallest absolute Gasteiger partial charge is 0.271 e. The average molecular weight is 444 g/mol. The summed E-state index contributed by atoms with van der Waals surface area (Å²) in [4.78, 5) is 34.5. The van der Waals surface area contributed by atoms with Gasteiger partial charge in [0, 0.05) is 23.3 Å². The molecule has 1 aromatic carbocycles.